The van der Waals surface area contributed by atoms with E-state index in [9.17, 15) is 0 Å². The summed E-state index contributed by atoms with van der Waals surface area (Å²) in [4.78, 5) is 3.18. The lowest BCUT2D eigenvalue weighted by Gasteiger charge is -1.88. The Hall–Kier alpha value is -1.21. The van der Waals surface area contributed by atoms with E-state index >= 15 is 0 Å². The Morgan fingerprint density at radius 3 is 2.92 bits per heavy atom. The average Bonchev–Trinajstić information content (AvgIpc) is 2.46. The topological polar surface area (TPSA) is 15.8 Å². The fraction of sp³-hybridized carbons (Fsp3) is 0. The van der Waals surface area contributed by atoms with Crippen molar-refractivity contribution < 1.29 is 0 Å². The summed E-state index contributed by atoms with van der Waals surface area (Å²) in [5.41, 5.74) is 2.07. The van der Waals surface area contributed by atoms with Crippen LogP contribution < -0.4 is 0 Å². The molecule has 1 aromatic carbocycles. The molecule has 0 saturated carbocycles. The Labute approximate surface area is 75.7 Å². The van der Waals surface area contributed by atoms with Gasteiger partial charge in [-0.15, -0.1) is 0 Å². The van der Waals surface area contributed by atoms with Crippen molar-refractivity contribution in [3.63, 3.8) is 0 Å². The van der Waals surface area contributed by atoms with Crippen molar-refractivity contribution in [2.45, 2.75) is 0 Å². The van der Waals surface area contributed by atoms with Gasteiger partial charge in [0.25, 0.3) is 0 Å². The van der Waals surface area contributed by atoms with Crippen molar-refractivity contribution in [2.24, 2.45) is 0 Å². The highest BCUT2D eigenvalue weighted by Crippen LogP contribution is 2.19. The Bertz CT molecular complexity index is 428. The van der Waals surface area contributed by atoms with E-state index in [4.69, 9.17) is 11.6 Å². The molecule has 0 unspecified atom stereocenters. The molecule has 0 bridgehead atoms. The van der Waals surface area contributed by atoms with Gasteiger partial charge in [0.1, 0.15) is 0 Å². The van der Waals surface area contributed by atoms with Gasteiger partial charge in [0.2, 0.25) is 0 Å². The molecule has 2 aromatic rings. The van der Waals surface area contributed by atoms with E-state index in [0.717, 1.165) is 21.6 Å². The van der Waals surface area contributed by atoms with Gasteiger partial charge in [-0.1, -0.05) is 24.2 Å². The van der Waals surface area contributed by atoms with Crippen LogP contribution in [0.25, 0.3) is 17.0 Å². The number of nitrogens with one attached hydrogen (secondary N) is 1. The molecule has 2 heteroatoms. The molecule has 0 atom stereocenters. The second-order valence-electron chi connectivity index (χ2n) is 2.66. The van der Waals surface area contributed by atoms with Crippen molar-refractivity contribution in [1.29, 1.82) is 0 Å². The van der Waals surface area contributed by atoms with Gasteiger partial charge in [0.05, 0.1) is 0 Å². The van der Waals surface area contributed by atoms with Gasteiger partial charge in [0, 0.05) is 21.6 Å². The number of fused-ring (bicyclic) bond motifs is 1. The molecule has 1 N–H and O–H groups in total. The maximum Gasteiger partial charge on any atom is 0.0473 e. The van der Waals surface area contributed by atoms with Gasteiger partial charge in [-0.2, -0.15) is 0 Å². The first-order chi connectivity index (χ1) is 5.79. The standard InChI is InChI=1S/C10H8ClN/c1-2-9-5-7-3-4-8(11)6-10(7)12-9/h2-6,12H,1H2. The molecule has 0 aliphatic rings. The molecule has 0 saturated heterocycles. The van der Waals surface area contributed by atoms with Crippen LogP contribution in [0.4, 0.5) is 0 Å². The third-order valence-electron chi connectivity index (χ3n) is 1.83. The molecule has 1 aromatic heterocycles. The lowest BCUT2D eigenvalue weighted by Crippen LogP contribution is -1.68. The quantitative estimate of drug-likeness (QED) is 0.687. The number of aromatic amines is 1. The molecule has 0 radical (unpaired) electrons. The molecule has 2 rings (SSSR count). The molecule has 0 fully saturated rings. The van der Waals surface area contributed by atoms with Gasteiger partial charge >= 0.3 is 0 Å². The monoisotopic (exact) mass is 177 g/mol. The number of aromatic nitrogens is 1. The fourth-order valence-corrected chi connectivity index (χ4v) is 1.40. The van der Waals surface area contributed by atoms with E-state index in [2.05, 4.69) is 11.6 Å². The molecule has 1 nitrogen and oxygen atoms in total. The summed E-state index contributed by atoms with van der Waals surface area (Å²) in [7, 11) is 0. The van der Waals surface area contributed by atoms with Crippen molar-refractivity contribution in [2.75, 3.05) is 0 Å². The fourth-order valence-electron chi connectivity index (χ4n) is 1.23. The number of rotatable bonds is 1. The molecule has 12 heavy (non-hydrogen) atoms. The number of H-pyrrole nitrogens is 1. The molecular formula is C10H8ClN. The minimum atomic E-state index is 0.750. The highest BCUT2D eigenvalue weighted by Gasteiger charge is 1.97. The average molecular weight is 178 g/mol. The SMILES string of the molecule is C=Cc1cc2ccc(Cl)cc2[nH]1. The van der Waals surface area contributed by atoms with Gasteiger partial charge in [-0.3, -0.25) is 0 Å². The van der Waals surface area contributed by atoms with Crippen LogP contribution in [0.1, 0.15) is 5.69 Å². The van der Waals surface area contributed by atoms with Crippen LogP contribution in [0.2, 0.25) is 5.02 Å². The molecule has 0 aliphatic carbocycles. The van der Waals surface area contributed by atoms with Crippen LogP contribution in [0.15, 0.2) is 30.8 Å². The van der Waals surface area contributed by atoms with E-state index in [-0.39, 0.29) is 0 Å². The smallest absolute Gasteiger partial charge is 0.0473 e. The highest BCUT2D eigenvalue weighted by molar-refractivity contribution is 6.31. The Balaban J connectivity index is 2.75. The van der Waals surface area contributed by atoms with Gasteiger partial charge < -0.3 is 4.98 Å². The Kier molecular flexibility index (Phi) is 1.66. The summed E-state index contributed by atoms with van der Waals surface area (Å²) in [6.45, 7) is 3.68. The van der Waals surface area contributed by atoms with Crippen molar-refractivity contribution in [3.8, 4) is 0 Å². The zero-order valence-electron chi connectivity index (χ0n) is 6.47. The van der Waals surface area contributed by atoms with Crippen LogP contribution in [-0.2, 0) is 0 Å². The van der Waals surface area contributed by atoms with Crippen molar-refractivity contribution in [1.82, 2.24) is 4.98 Å². The van der Waals surface area contributed by atoms with E-state index < -0.39 is 0 Å². The molecular weight excluding hydrogens is 170 g/mol. The highest BCUT2D eigenvalue weighted by atomic mass is 35.5. The van der Waals surface area contributed by atoms with Crippen molar-refractivity contribution >= 4 is 28.6 Å². The lowest BCUT2D eigenvalue weighted by atomic mass is 10.2. The zero-order chi connectivity index (χ0) is 8.55. The lowest BCUT2D eigenvalue weighted by molar-refractivity contribution is 1.43. The molecule has 0 spiro atoms. The Morgan fingerprint density at radius 2 is 2.17 bits per heavy atom. The number of hydrogen-bond acceptors (Lipinski definition) is 0. The Morgan fingerprint density at radius 1 is 1.33 bits per heavy atom. The normalized spacial score (nSPS) is 10.4. The van der Waals surface area contributed by atoms with E-state index in [1.165, 1.54) is 0 Å². The third-order valence-corrected chi connectivity index (χ3v) is 2.06. The maximum atomic E-state index is 5.83. The summed E-state index contributed by atoms with van der Waals surface area (Å²) < 4.78 is 0. The predicted molar refractivity (Wildman–Crippen MR) is 53.4 cm³/mol. The van der Waals surface area contributed by atoms with Gasteiger partial charge in [0.15, 0.2) is 0 Å². The second-order valence-corrected chi connectivity index (χ2v) is 3.10. The first kappa shape index (κ1) is 7.44. The van der Waals surface area contributed by atoms with E-state index in [0.29, 0.717) is 0 Å². The largest absolute Gasteiger partial charge is 0.355 e. The maximum absolute atomic E-state index is 5.83. The van der Waals surface area contributed by atoms with Crippen LogP contribution in [-0.4, -0.2) is 4.98 Å². The molecule has 60 valence electrons. The molecule has 1 heterocycles. The summed E-state index contributed by atoms with van der Waals surface area (Å²) >= 11 is 5.83. The minimum Gasteiger partial charge on any atom is -0.355 e. The second kappa shape index (κ2) is 2.68. The first-order valence-corrected chi connectivity index (χ1v) is 4.08. The number of hydrogen-bond donors (Lipinski definition) is 1. The summed E-state index contributed by atoms with van der Waals surface area (Å²) in [5, 5.41) is 1.91. The summed E-state index contributed by atoms with van der Waals surface area (Å²) in [6, 6.07) is 7.81. The first-order valence-electron chi connectivity index (χ1n) is 3.70. The summed E-state index contributed by atoms with van der Waals surface area (Å²) in [5.74, 6) is 0. The van der Waals surface area contributed by atoms with Crippen LogP contribution >= 0.6 is 11.6 Å². The van der Waals surface area contributed by atoms with E-state index in [1.54, 1.807) is 6.08 Å². The zero-order valence-corrected chi connectivity index (χ0v) is 7.23. The number of benzene rings is 1. The molecule has 0 amide bonds. The van der Waals surface area contributed by atoms with Crippen LogP contribution in [0.3, 0.4) is 0 Å². The van der Waals surface area contributed by atoms with Gasteiger partial charge in [-0.25, -0.2) is 0 Å². The van der Waals surface area contributed by atoms with Crippen molar-refractivity contribution in [3.05, 3.63) is 41.6 Å². The third kappa shape index (κ3) is 1.12. The molecule has 0 aliphatic heterocycles. The van der Waals surface area contributed by atoms with Crippen LogP contribution in [0, 0.1) is 0 Å². The minimum absolute atomic E-state index is 0.750. The van der Waals surface area contributed by atoms with Gasteiger partial charge in [-0.05, 0) is 24.3 Å². The number of halogens is 1. The summed E-state index contributed by atoms with van der Waals surface area (Å²) in [6.07, 6.45) is 1.79. The van der Waals surface area contributed by atoms with E-state index in [1.807, 2.05) is 24.3 Å². The van der Waals surface area contributed by atoms with Crippen LogP contribution in [0.5, 0.6) is 0 Å². The predicted octanol–water partition coefficient (Wildman–Crippen LogP) is 3.46.